The fraction of sp³-hybridized carbons (Fsp3) is 0.222. The van der Waals surface area contributed by atoms with E-state index in [-0.39, 0.29) is 25.0 Å². The van der Waals surface area contributed by atoms with Crippen molar-refractivity contribution in [3.05, 3.63) is 59.7 Å². The number of carbonyl (C=O) groups is 2. The summed E-state index contributed by atoms with van der Waals surface area (Å²) in [7, 11) is 7.15. The lowest BCUT2D eigenvalue weighted by Crippen LogP contribution is -2.40. The van der Waals surface area contributed by atoms with Crippen molar-refractivity contribution in [1.29, 1.82) is 0 Å². The maximum Gasteiger partial charge on any atom is 0.261 e. The van der Waals surface area contributed by atoms with Crippen molar-refractivity contribution in [3.63, 3.8) is 0 Å². The van der Waals surface area contributed by atoms with Crippen molar-refractivity contribution in [1.82, 2.24) is 4.90 Å². The summed E-state index contributed by atoms with van der Waals surface area (Å²) >= 11 is 0. The van der Waals surface area contributed by atoms with Crippen molar-refractivity contribution in [2.45, 2.75) is 6.10 Å². The average molecular weight is 321 g/mol. The Hall–Kier alpha value is -2.60. The molecule has 0 aromatic heterocycles. The first kappa shape index (κ1) is 16.3. The quantitative estimate of drug-likeness (QED) is 0.592. The Morgan fingerprint density at radius 1 is 1.00 bits per heavy atom. The molecule has 1 atom stereocenters. The molecule has 24 heavy (non-hydrogen) atoms. The molecule has 0 saturated heterocycles. The third-order valence-corrected chi connectivity index (χ3v) is 3.91. The first-order chi connectivity index (χ1) is 11.6. The molecule has 0 spiro atoms. The number of imide groups is 1. The average Bonchev–Trinajstić information content (AvgIpc) is 2.85. The normalized spacial score (nSPS) is 14.6. The Kier molecular flexibility index (Phi) is 4.67. The highest BCUT2D eigenvalue weighted by molar-refractivity contribution is 6.32. The first-order valence-electron chi connectivity index (χ1n) is 7.56. The molecule has 2 radical (unpaired) electrons. The molecule has 6 heteroatoms. The number of benzene rings is 2. The van der Waals surface area contributed by atoms with Crippen molar-refractivity contribution < 1.29 is 19.1 Å². The van der Waals surface area contributed by atoms with E-state index in [1.54, 1.807) is 48.5 Å². The molecule has 0 bridgehead atoms. The zero-order valence-corrected chi connectivity index (χ0v) is 13.3. The Morgan fingerprint density at radius 3 is 2.12 bits per heavy atom. The van der Waals surface area contributed by atoms with E-state index >= 15 is 0 Å². The summed E-state index contributed by atoms with van der Waals surface area (Å²) in [6.07, 6.45) is -0.426. The first-order valence-corrected chi connectivity index (χ1v) is 7.56. The van der Waals surface area contributed by atoms with Crippen molar-refractivity contribution >= 4 is 25.1 Å². The minimum atomic E-state index is -0.426. The number of ether oxygens (including phenoxy) is 2. The number of nitrogens with zero attached hydrogens (tertiary/aromatic N) is 1. The van der Waals surface area contributed by atoms with Gasteiger partial charge in [-0.25, -0.2) is 0 Å². The second kappa shape index (κ2) is 6.89. The molecule has 1 unspecified atom stereocenters. The number of fused-ring (bicyclic) bond motifs is 1. The highest BCUT2D eigenvalue weighted by atomic mass is 16.5. The number of carbonyl (C=O) groups excluding carboxylic acids is 2. The molecule has 1 aliphatic heterocycles. The largest absolute Gasteiger partial charge is 0.491 e. The minimum absolute atomic E-state index is 0.137. The van der Waals surface area contributed by atoms with Crippen LogP contribution in [0.1, 0.15) is 20.7 Å². The number of rotatable bonds is 6. The number of hydrogen-bond donors (Lipinski definition) is 0. The molecule has 5 nitrogen and oxygen atoms in total. The summed E-state index contributed by atoms with van der Waals surface area (Å²) in [4.78, 5) is 25.9. The molecule has 0 saturated carbocycles. The minimum Gasteiger partial charge on any atom is -0.491 e. The summed E-state index contributed by atoms with van der Waals surface area (Å²) < 4.78 is 11.0. The summed E-state index contributed by atoms with van der Waals surface area (Å²) in [5, 5.41) is 0. The van der Waals surface area contributed by atoms with Crippen LogP contribution in [-0.2, 0) is 4.74 Å². The van der Waals surface area contributed by atoms with Gasteiger partial charge in [0, 0.05) is 7.11 Å². The molecule has 2 aromatic rings. The van der Waals surface area contributed by atoms with Crippen LogP contribution >= 0.6 is 0 Å². The van der Waals surface area contributed by atoms with Gasteiger partial charge in [0.2, 0.25) is 0 Å². The highest BCUT2D eigenvalue weighted by Gasteiger charge is 2.36. The maximum absolute atomic E-state index is 12.4. The van der Waals surface area contributed by atoms with Gasteiger partial charge in [0.25, 0.3) is 11.8 Å². The molecule has 2 amide bonds. The predicted octanol–water partition coefficient (Wildman–Crippen LogP) is 1.17. The van der Waals surface area contributed by atoms with E-state index in [2.05, 4.69) is 0 Å². The lowest BCUT2D eigenvalue weighted by Gasteiger charge is -2.21. The number of hydrogen-bond acceptors (Lipinski definition) is 4. The summed E-state index contributed by atoms with van der Waals surface area (Å²) in [5.74, 6) is 0.0453. The van der Waals surface area contributed by atoms with Crippen LogP contribution in [0.15, 0.2) is 48.5 Å². The number of methoxy groups -OCH3 is 1. The fourth-order valence-corrected chi connectivity index (χ4v) is 2.56. The van der Waals surface area contributed by atoms with Gasteiger partial charge in [-0.1, -0.05) is 29.7 Å². The molecule has 0 fully saturated rings. The van der Waals surface area contributed by atoms with E-state index in [9.17, 15) is 9.59 Å². The van der Waals surface area contributed by atoms with E-state index in [1.165, 1.54) is 12.0 Å². The summed E-state index contributed by atoms with van der Waals surface area (Å²) in [5.41, 5.74) is 1.50. The van der Waals surface area contributed by atoms with E-state index in [0.29, 0.717) is 22.3 Å². The smallest absolute Gasteiger partial charge is 0.261 e. The highest BCUT2D eigenvalue weighted by Crippen LogP contribution is 2.23. The number of amides is 2. The van der Waals surface area contributed by atoms with Crippen LogP contribution in [0.3, 0.4) is 0 Å². The van der Waals surface area contributed by atoms with Gasteiger partial charge >= 0.3 is 0 Å². The third-order valence-electron chi connectivity index (χ3n) is 3.91. The SMILES string of the molecule is [B]c1ccc(OCC(CN2C(=O)c3ccccc3C2=O)OC)cc1. The van der Waals surface area contributed by atoms with E-state index in [4.69, 9.17) is 17.3 Å². The van der Waals surface area contributed by atoms with Crippen LogP contribution in [0.4, 0.5) is 0 Å². The molecular formula is C18H16BNO4. The second-order valence-electron chi connectivity index (χ2n) is 5.50. The Bertz CT molecular complexity index is 725. The molecular weight excluding hydrogens is 305 g/mol. The lowest BCUT2D eigenvalue weighted by molar-refractivity contribution is 0.0270. The Balaban J connectivity index is 1.65. The zero-order valence-electron chi connectivity index (χ0n) is 13.3. The standard InChI is InChI=1S/C18H16BNO4/c1-23-14(11-24-13-8-6-12(19)7-9-13)10-20-17(21)15-4-2-3-5-16(15)18(20)22/h2-9,14H,10-11H2,1H3. The van der Waals surface area contributed by atoms with Gasteiger partial charge in [0.1, 0.15) is 26.3 Å². The summed E-state index contributed by atoms with van der Waals surface area (Å²) in [6, 6.07) is 13.8. The summed E-state index contributed by atoms with van der Waals surface area (Å²) in [6.45, 7) is 0.353. The Labute approximate surface area is 141 Å². The van der Waals surface area contributed by atoms with Crippen LogP contribution < -0.4 is 10.2 Å². The topological polar surface area (TPSA) is 55.8 Å². The van der Waals surface area contributed by atoms with Crippen molar-refractivity contribution in [2.24, 2.45) is 0 Å². The van der Waals surface area contributed by atoms with Gasteiger partial charge in [-0.15, -0.1) is 0 Å². The van der Waals surface area contributed by atoms with Crippen LogP contribution in [0.5, 0.6) is 5.75 Å². The molecule has 1 aliphatic rings. The van der Waals surface area contributed by atoms with Gasteiger partial charge < -0.3 is 9.47 Å². The lowest BCUT2D eigenvalue weighted by atomic mass is 9.97. The Morgan fingerprint density at radius 2 is 1.58 bits per heavy atom. The second-order valence-corrected chi connectivity index (χ2v) is 5.50. The molecule has 0 aliphatic carbocycles. The zero-order chi connectivity index (χ0) is 17.1. The van der Waals surface area contributed by atoms with Crippen LogP contribution in [0.25, 0.3) is 0 Å². The van der Waals surface area contributed by atoms with Gasteiger partial charge in [-0.2, -0.15) is 0 Å². The van der Waals surface area contributed by atoms with Crippen molar-refractivity contribution in [2.75, 3.05) is 20.3 Å². The predicted molar refractivity (Wildman–Crippen MR) is 89.9 cm³/mol. The van der Waals surface area contributed by atoms with Crippen LogP contribution in [0, 0.1) is 0 Å². The van der Waals surface area contributed by atoms with Gasteiger partial charge in [0.15, 0.2) is 0 Å². The van der Waals surface area contributed by atoms with Crippen molar-refractivity contribution in [3.8, 4) is 5.75 Å². The molecule has 0 N–H and O–H groups in total. The molecule has 2 aromatic carbocycles. The maximum atomic E-state index is 12.4. The van der Waals surface area contributed by atoms with E-state index in [0.717, 1.165) is 0 Å². The molecule has 1 heterocycles. The van der Waals surface area contributed by atoms with E-state index in [1.807, 2.05) is 0 Å². The molecule has 3 rings (SSSR count). The van der Waals surface area contributed by atoms with E-state index < -0.39 is 6.10 Å². The monoisotopic (exact) mass is 321 g/mol. The molecule has 120 valence electrons. The van der Waals surface area contributed by atoms with Gasteiger partial charge in [-0.05, 0) is 24.3 Å². The third kappa shape index (κ3) is 3.19. The van der Waals surface area contributed by atoms with Crippen LogP contribution in [0.2, 0.25) is 0 Å². The fourth-order valence-electron chi connectivity index (χ4n) is 2.56. The van der Waals surface area contributed by atoms with Crippen LogP contribution in [-0.4, -0.2) is 50.9 Å². The van der Waals surface area contributed by atoms with Gasteiger partial charge in [-0.3, -0.25) is 14.5 Å². The van der Waals surface area contributed by atoms with Gasteiger partial charge in [0.05, 0.1) is 17.7 Å².